The number of hydrogen-bond donors (Lipinski definition) is 2. The van der Waals surface area contributed by atoms with E-state index >= 15 is 0 Å². The molecule has 0 aliphatic carbocycles. The van der Waals surface area contributed by atoms with Crippen LogP contribution in [0.25, 0.3) is 11.6 Å². The molecule has 9 nitrogen and oxygen atoms in total. The highest BCUT2D eigenvalue weighted by atomic mass is 16.5. The number of carbonyl (C=O) groups excluding carboxylic acids is 1. The molecule has 0 spiro atoms. The molecule has 1 aliphatic heterocycles. The lowest BCUT2D eigenvalue weighted by Crippen LogP contribution is -2.44. The maximum atomic E-state index is 12.3. The summed E-state index contributed by atoms with van der Waals surface area (Å²) < 4.78 is 5.39. The molecule has 2 aromatic heterocycles. The highest BCUT2D eigenvalue weighted by molar-refractivity contribution is 5.95. The lowest BCUT2D eigenvalue weighted by atomic mass is 9.96. The summed E-state index contributed by atoms with van der Waals surface area (Å²) in [7, 11) is 2.03. The van der Waals surface area contributed by atoms with E-state index in [9.17, 15) is 4.79 Å². The average Bonchev–Trinajstić information content (AvgIpc) is 3.04. The monoisotopic (exact) mass is 345 g/mol. The second kappa shape index (κ2) is 6.85. The topological polar surface area (TPSA) is 109 Å². The van der Waals surface area contributed by atoms with E-state index in [4.69, 9.17) is 4.52 Å². The second-order valence-electron chi connectivity index (χ2n) is 7.12. The summed E-state index contributed by atoms with van der Waals surface area (Å²) in [5, 5.41) is 10.2. The molecule has 1 fully saturated rings. The highest BCUT2D eigenvalue weighted by Crippen LogP contribution is 2.26. The smallest absolute Gasteiger partial charge is 0.280 e. The number of piperazine rings is 1. The number of aromatic nitrogens is 4. The van der Waals surface area contributed by atoms with Gasteiger partial charge in [0.15, 0.2) is 17.3 Å². The first-order valence-electron chi connectivity index (χ1n) is 8.23. The third kappa shape index (κ3) is 3.83. The Hall–Kier alpha value is -2.39. The summed E-state index contributed by atoms with van der Waals surface area (Å²) in [6.07, 6.45) is 3.04. The van der Waals surface area contributed by atoms with Crippen LogP contribution in [-0.4, -0.2) is 57.6 Å². The highest BCUT2D eigenvalue weighted by Gasteiger charge is 2.28. The maximum absolute atomic E-state index is 12.3. The van der Waals surface area contributed by atoms with Crippen molar-refractivity contribution in [2.45, 2.75) is 26.8 Å². The summed E-state index contributed by atoms with van der Waals surface area (Å²) in [5.74, 6) is 0.979. The summed E-state index contributed by atoms with van der Waals surface area (Å²) in [6.45, 7) is 8.08. The van der Waals surface area contributed by atoms with E-state index in [1.54, 1.807) is 0 Å². The first-order chi connectivity index (χ1) is 11.9. The molecule has 0 radical (unpaired) electrons. The Bertz CT molecular complexity index is 753. The summed E-state index contributed by atoms with van der Waals surface area (Å²) in [5.41, 5.74) is -0.184. The van der Waals surface area contributed by atoms with Crippen molar-refractivity contribution in [1.29, 1.82) is 0 Å². The van der Waals surface area contributed by atoms with Crippen molar-refractivity contribution in [2.75, 3.05) is 32.0 Å². The SMILES string of the molecule is CN1CCNCC1c1noc(-c2nccnc2NC(=O)C(C)(C)C)n1. The Labute approximate surface area is 146 Å². The minimum atomic E-state index is -0.550. The number of nitrogens with zero attached hydrogens (tertiary/aromatic N) is 5. The maximum Gasteiger partial charge on any atom is 0.280 e. The average molecular weight is 345 g/mol. The molecule has 134 valence electrons. The molecule has 25 heavy (non-hydrogen) atoms. The molecule has 3 heterocycles. The third-order valence-electron chi connectivity index (χ3n) is 4.06. The molecular weight excluding hydrogens is 322 g/mol. The predicted molar refractivity (Wildman–Crippen MR) is 91.6 cm³/mol. The lowest BCUT2D eigenvalue weighted by Gasteiger charge is -2.30. The van der Waals surface area contributed by atoms with Crippen LogP contribution in [0.5, 0.6) is 0 Å². The van der Waals surface area contributed by atoms with Crippen molar-refractivity contribution in [3.05, 3.63) is 18.2 Å². The fourth-order valence-electron chi connectivity index (χ4n) is 2.44. The standard InChI is InChI=1S/C16H23N7O2/c1-16(2,3)15(24)21-13-11(18-5-6-19-13)14-20-12(22-25-14)10-9-17-7-8-23(10)4/h5-6,10,17H,7-9H2,1-4H3,(H,19,21,24). The van der Waals surface area contributed by atoms with E-state index in [2.05, 4.69) is 35.6 Å². The van der Waals surface area contributed by atoms with E-state index < -0.39 is 5.41 Å². The van der Waals surface area contributed by atoms with Crippen LogP contribution in [0.2, 0.25) is 0 Å². The number of likely N-dealkylation sites (N-methyl/N-ethyl adjacent to an activating group) is 1. The molecule has 2 N–H and O–H groups in total. The van der Waals surface area contributed by atoms with Gasteiger partial charge in [-0.3, -0.25) is 9.69 Å². The van der Waals surface area contributed by atoms with Crippen molar-refractivity contribution in [3.8, 4) is 11.6 Å². The molecule has 1 aliphatic rings. The molecule has 9 heteroatoms. The zero-order valence-electron chi connectivity index (χ0n) is 14.9. The third-order valence-corrected chi connectivity index (χ3v) is 4.06. The van der Waals surface area contributed by atoms with Gasteiger partial charge >= 0.3 is 0 Å². The molecule has 1 saturated heterocycles. The number of nitrogens with one attached hydrogen (secondary N) is 2. The molecule has 0 aromatic carbocycles. The van der Waals surface area contributed by atoms with E-state index in [1.807, 2.05) is 27.8 Å². The van der Waals surface area contributed by atoms with E-state index in [1.165, 1.54) is 12.4 Å². The Morgan fingerprint density at radius 2 is 2.12 bits per heavy atom. The number of carbonyl (C=O) groups is 1. The summed E-state index contributed by atoms with van der Waals surface area (Å²) in [4.78, 5) is 27.4. The summed E-state index contributed by atoms with van der Waals surface area (Å²) >= 11 is 0. The zero-order valence-corrected chi connectivity index (χ0v) is 14.9. The zero-order chi connectivity index (χ0) is 18.0. The minimum Gasteiger partial charge on any atom is -0.332 e. The Kier molecular flexibility index (Phi) is 4.78. The predicted octanol–water partition coefficient (Wildman–Crippen LogP) is 1.09. The van der Waals surface area contributed by atoms with Gasteiger partial charge in [-0.2, -0.15) is 4.98 Å². The van der Waals surface area contributed by atoms with Crippen molar-refractivity contribution < 1.29 is 9.32 Å². The van der Waals surface area contributed by atoms with Gasteiger partial charge in [0.2, 0.25) is 5.91 Å². The van der Waals surface area contributed by atoms with Crippen LogP contribution in [0.1, 0.15) is 32.6 Å². The second-order valence-corrected chi connectivity index (χ2v) is 7.12. The molecular formula is C16H23N7O2. The van der Waals surface area contributed by atoms with E-state index in [0.717, 1.165) is 19.6 Å². The van der Waals surface area contributed by atoms with Gasteiger partial charge in [-0.25, -0.2) is 9.97 Å². The molecule has 0 bridgehead atoms. The van der Waals surface area contributed by atoms with Gasteiger partial charge in [0.05, 0.1) is 6.04 Å². The number of amides is 1. The minimum absolute atomic E-state index is 0.0375. The molecule has 1 unspecified atom stereocenters. The van der Waals surface area contributed by atoms with Crippen LogP contribution >= 0.6 is 0 Å². The van der Waals surface area contributed by atoms with Crippen molar-refractivity contribution in [1.82, 2.24) is 30.3 Å². The molecule has 2 aromatic rings. The van der Waals surface area contributed by atoms with Crippen LogP contribution in [0.15, 0.2) is 16.9 Å². The van der Waals surface area contributed by atoms with Gasteiger partial charge in [-0.1, -0.05) is 25.9 Å². The van der Waals surface area contributed by atoms with Crippen LogP contribution in [-0.2, 0) is 4.79 Å². The van der Waals surface area contributed by atoms with E-state index in [0.29, 0.717) is 17.3 Å². The van der Waals surface area contributed by atoms with Crippen LogP contribution in [0, 0.1) is 5.41 Å². The van der Waals surface area contributed by atoms with Gasteiger partial charge in [0, 0.05) is 37.4 Å². The molecule has 0 saturated carbocycles. The van der Waals surface area contributed by atoms with Gasteiger partial charge in [0.25, 0.3) is 5.89 Å². The van der Waals surface area contributed by atoms with Gasteiger partial charge in [-0.15, -0.1) is 0 Å². The summed E-state index contributed by atoms with van der Waals surface area (Å²) in [6, 6.07) is 0.0375. The largest absolute Gasteiger partial charge is 0.332 e. The Morgan fingerprint density at radius 3 is 2.84 bits per heavy atom. The first-order valence-corrected chi connectivity index (χ1v) is 8.23. The quantitative estimate of drug-likeness (QED) is 0.851. The van der Waals surface area contributed by atoms with Gasteiger partial charge in [0.1, 0.15) is 0 Å². The Morgan fingerprint density at radius 1 is 1.36 bits per heavy atom. The Balaban J connectivity index is 1.86. The normalized spacial score (nSPS) is 19.0. The van der Waals surface area contributed by atoms with Crippen LogP contribution in [0.3, 0.4) is 0 Å². The molecule has 1 amide bonds. The van der Waals surface area contributed by atoms with Gasteiger partial charge in [-0.05, 0) is 7.05 Å². The van der Waals surface area contributed by atoms with Gasteiger partial charge < -0.3 is 15.2 Å². The fraction of sp³-hybridized carbons (Fsp3) is 0.562. The number of hydrogen-bond acceptors (Lipinski definition) is 8. The van der Waals surface area contributed by atoms with E-state index in [-0.39, 0.29) is 17.8 Å². The lowest BCUT2D eigenvalue weighted by molar-refractivity contribution is -0.123. The van der Waals surface area contributed by atoms with Crippen LogP contribution < -0.4 is 10.6 Å². The van der Waals surface area contributed by atoms with Crippen molar-refractivity contribution in [3.63, 3.8) is 0 Å². The van der Waals surface area contributed by atoms with Crippen molar-refractivity contribution in [2.24, 2.45) is 5.41 Å². The molecule has 3 rings (SSSR count). The number of anilines is 1. The number of rotatable bonds is 3. The van der Waals surface area contributed by atoms with Crippen molar-refractivity contribution >= 4 is 11.7 Å². The fourth-order valence-corrected chi connectivity index (χ4v) is 2.44. The van der Waals surface area contributed by atoms with Crippen LogP contribution in [0.4, 0.5) is 5.82 Å². The molecule has 1 atom stereocenters. The first kappa shape index (κ1) is 17.4.